The number of ketones is 1. The zero-order valence-corrected chi connectivity index (χ0v) is 14.4. The molecule has 0 atom stereocenters. The molecule has 0 spiro atoms. The number of hydrogen-bond acceptors (Lipinski definition) is 2. The minimum absolute atomic E-state index is 0.236. The van der Waals surface area contributed by atoms with Crippen LogP contribution in [0.5, 0.6) is 0 Å². The molecule has 1 fully saturated rings. The Morgan fingerprint density at radius 2 is 1.60 bits per heavy atom. The van der Waals surface area contributed by atoms with E-state index in [9.17, 15) is 9.59 Å². The van der Waals surface area contributed by atoms with Crippen LogP contribution < -0.4 is 5.32 Å². The average molecular weight is 285 g/mol. The molecule has 3 nitrogen and oxygen atoms in total. The Kier molecular flexibility index (Phi) is 15.6. The molecule has 1 aliphatic carbocycles. The van der Waals surface area contributed by atoms with Gasteiger partial charge in [-0.2, -0.15) is 0 Å². The van der Waals surface area contributed by atoms with Crippen molar-refractivity contribution < 1.29 is 9.59 Å². The fourth-order valence-electron chi connectivity index (χ4n) is 2.06. The van der Waals surface area contributed by atoms with Gasteiger partial charge < -0.3 is 10.1 Å². The van der Waals surface area contributed by atoms with E-state index in [4.69, 9.17) is 0 Å². The maximum absolute atomic E-state index is 11.1. The molecule has 1 saturated carbocycles. The van der Waals surface area contributed by atoms with Gasteiger partial charge in [0.1, 0.15) is 5.78 Å². The van der Waals surface area contributed by atoms with E-state index in [1.807, 2.05) is 13.8 Å². The molecule has 1 amide bonds. The summed E-state index contributed by atoms with van der Waals surface area (Å²) >= 11 is 0. The van der Waals surface area contributed by atoms with Crippen LogP contribution in [0.4, 0.5) is 0 Å². The third-order valence-corrected chi connectivity index (χ3v) is 3.30. The number of carbonyl (C=O) groups is 2. The molecule has 3 heteroatoms. The fourth-order valence-corrected chi connectivity index (χ4v) is 2.06. The van der Waals surface area contributed by atoms with Gasteiger partial charge in [0.05, 0.1) is 0 Å². The molecule has 0 aromatic carbocycles. The molecule has 0 unspecified atom stereocenters. The van der Waals surface area contributed by atoms with Gasteiger partial charge in [-0.05, 0) is 32.1 Å². The maximum Gasteiger partial charge on any atom is 0.222 e. The van der Waals surface area contributed by atoms with Crippen molar-refractivity contribution in [2.45, 2.75) is 79.6 Å². The lowest BCUT2D eigenvalue weighted by Crippen LogP contribution is -2.28. The van der Waals surface area contributed by atoms with Crippen molar-refractivity contribution in [3.63, 3.8) is 0 Å². The lowest BCUT2D eigenvalue weighted by atomic mass is 9.89. The molecule has 0 aromatic rings. The first-order valence-corrected chi connectivity index (χ1v) is 8.18. The molecule has 1 aliphatic rings. The zero-order chi connectivity index (χ0) is 16.0. The van der Waals surface area contributed by atoms with Crippen LogP contribution >= 0.6 is 0 Å². The van der Waals surface area contributed by atoms with Crippen LogP contribution in [-0.4, -0.2) is 18.7 Å². The predicted octanol–water partition coefficient (Wildman–Crippen LogP) is 4.35. The van der Waals surface area contributed by atoms with E-state index in [1.54, 1.807) is 14.0 Å². The maximum atomic E-state index is 11.1. The normalized spacial score (nSPS) is 14.6. The molecule has 0 heterocycles. The summed E-state index contributed by atoms with van der Waals surface area (Å²) in [5, 5.41) is 2.70. The molecular weight excluding hydrogens is 250 g/mol. The summed E-state index contributed by atoms with van der Waals surface area (Å²) in [5.41, 5.74) is 0. The fraction of sp³-hybridized carbons (Fsp3) is 0.882. The van der Waals surface area contributed by atoms with E-state index >= 15 is 0 Å². The van der Waals surface area contributed by atoms with Crippen LogP contribution in [0.3, 0.4) is 0 Å². The summed E-state index contributed by atoms with van der Waals surface area (Å²) in [7, 11) is 1.72. The van der Waals surface area contributed by atoms with Crippen LogP contribution in [0.1, 0.15) is 79.6 Å². The third kappa shape index (κ3) is 13.6. The van der Waals surface area contributed by atoms with Crippen LogP contribution in [0, 0.1) is 11.8 Å². The lowest BCUT2D eigenvalue weighted by molar-refractivity contribution is -0.125. The summed E-state index contributed by atoms with van der Waals surface area (Å²) in [4.78, 5) is 21.4. The van der Waals surface area contributed by atoms with Crippen molar-refractivity contribution in [3.05, 3.63) is 0 Å². The van der Waals surface area contributed by atoms with Gasteiger partial charge in [-0.1, -0.05) is 47.0 Å². The van der Waals surface area contributed by atoms with Crippen molar-refractivity contribution in [1.29, 1.82) is 0 Å². The molecule has 1 N–H and O–H groups in total. The highest BCUT2D eigenvalue weighted by molar-refractivity contribution is 5.78. The Hall–Kier alpha value is -0.860. The molecule has 20 heavy (non-hydrogen) atoms. The van der Waals surface area contributed by atoms with Gasteiger partial charge >= 0.3 is 0 Å². The number of rotatable bonds is 4. The summed E-state index contributed by atoms with van der Waals surface area (Å²) < 4.78 is 0. The van der Waals surface area contributed by atoms with Crippen LogP contribution in [0.2, 0.25) is 0 Å². The highest BCUT2D eigenvalue weighted by Crippen LogP contribution is 2.23. The molecular formula is C17H35NO2. The number of hydrogen-bond donors (Lipinski definition) is 1. The van der Waals surface area contributed by atoms with Crippen LogP contribution in [0.15, 0.2) is 0 Å². The van der Waals surface area contributed by atoms with Gasteiger partial charge in [0.2, 0.25) is 5.91 Å². The quantitative estimate of drug-likeness (QED) is 0.834. The Balaban J connectivity index is 0. The number of carbonyl (C=O) groups excluding carboxylic acids is 2. The molecule has 0 saturated heterocycles. The van der Waals surface area contributed by atoms with E-state index in [0.29, 0.717) is 17.6 Å². The van der Waals surface area contributed by atoms with Crippen molar-refractivity contribution in [3.8, 4) is 0 Å². The van der Waals surface area contributed by atoms with E-state index < -0.39 is 0 Å². The second-order valence-electron chi connectivity index (χ2n) is 5.58. The van der Waals surface area contributed by atoms with Crippen molar-refractivity contribution in [2.75, 3.05) is 7.05 Å². The third-order valence-electron chi connectivity index (χ3n) is 3.30. The zero-order valence-electron chi connectivity index (χ0n) is 14.4. The molecule has 120 valence electrons. The van der Waals surface area contributed by atoms with E-state index in [0.717, 1.165) is 25.7 Å². The van der Waals surface area contributed by atoms with Gasteiger partial charge in [-0.25, -0.2) is 0 Å². The highest BCUT2D eigenvalue weighted by Gasteiger charge is 2.19. The van der Waals surface area contributed by atoms with Gasteiger partial charge in [0.25, 0.3) is 0 Å². The SMILES string of the molecule is CC.CC(=O)CCC(C)C.CNC(=O)C1CCCCC1. The Labute approximate surface area is 125 Å². The lowest BCUT2D eigenvalue weighted by Gasteiger charge is -2.19. The van der Waals surface area contributed by atoms with E-state index in [1.165, 1.54) is 19.3 Å². The van der Waals surface area contributed by atoms with Gasteiger partial charge in [-0.15, -0.1) is 0 Å². The Morgan fingerprint density at radius 1 is 1.10 bits per heavy atom. The first-order chi connectivity index (χ1) is 9.47. The summed E-state index contributed by atoms with van der Waals surface area (Å²) in [5.74, 6) is 1.52. The number of amides is 1. The Morgan fingerprint density at radius 3 is 1.90 bits per heavy atom. The number of nitrogens with one attached hydrogen (secondary N) is 1. The monoisotopic (exact) mass is 285 g/mol. The van der Waals surface area contributed by atoms with E-state index in [2.05, 4.69) is 19.2 Å². The van der Waals surface area contributed by atoms with Crippen LogP contribution in [-0.2, 0) is 9.59 Å². The highest BCUT2D eigenvalue weighted by atomic mass is 16.1. The van der Waals surface area contributed by atoms with Crippen LogP contribution in [0.25, 0.3) is 0 Å². The number of Topliss-reactive ketones (excluding diaryl/α,β-unsaturated/α-hetero) is 1. The summed E-state index contributed by atoms with van der Waals surface area (Å²) in [6.45, 7) is 9.90. The van der Waals surface area contributed by atoms with Crippen molar-refractivity contribution in [1.82, 2.24) is 5.32 Å². The minimum atomic E-state index is 0.236. The largest absolute Gasteiger partial charge is 0.359 e. The second kappa shape index (κ2) is 14.5. The second-order valence-corrected chi connectivity index (χ2v) is 5.58. The average Bonchev–Trinajstić information content (AvgIpc) is 2.48. The van der Waals surface area contributed by atoms with Crippen molar-refractivity contribution >= 4 is 11.7 Å². The Bertz CT molecular complexity index is 243. The molecule has 0 radical (unpaired) electrons. The first kappa shape index (κ1) is 21.4. The smallest absolute Gasteiger partial charge is 0.222 e. The molecule has 0 aliphatic heterocycles. The predicted molar refractivity (Wildman–Crippen MR) is 86.7 cm³/mol. The molecule has 0 aromatic heterocycles. The first-order valence-electron chi connectivity index (χ1n) is 8.18. The van der Waals surface area contributed by atoms with Gasteiger partial charge in [0.15, 0.2) is 0 Å². The molecule has 0 bridgehead atoms. The topological polar surface area (TPSA) is 46.2 Å². The van der Waals surface area contributed by atoms with Gasteiger partial charge in [-0.3, -0.25) is 4.79 Å². The van der Waals surface area contributed by atoms with Gasteiger partial charge in [0, 0.05) is 19.4 Å². The minimum Gasteiger partial charge on any atom is -0.359 e. The van der Waals surface area contributed by atoms with Crippen molar-refractivity contribution in [2.24, 2.45) is 11.8 Å². The summed E-state index contributed by atoms with van der Waals surface area (Å²) in [6, 6.07) is 0. The standard InChI is InChI=1S/C8H15NO.C7H14O.C2H6/c1-9-8(10)7-5-3-2-4-6-7;1-6(2)4-5-7(3)8;1-2/h7H,2-6H2,1H3,(H,9,10);6H,4-5H2,1-3H3;1-2H3. The van der Waals surface area contributed by atoms with E-state index in [-0.39, 0.29) is 5.91 Å². The molecule has 1 rings (SSSR count). The summed E-state index contributed by atoms with van der Waals surface area (Å²) in [6.07, 6.45) is 7.76.